The Hall–Kier alpha value is -2.54. The highest BCUT2D eigenvalue weighted by Gasteiger charge is 2.15. The second-order valence-corrected chi connectivity index (χ2v) is 5.43. The Labute approximate surface area is 147 Å². The third kappa shape index (κ3) is 4.26. The summed E-state index contributed by atoms with van der Waals surface area (Å²) >= 11 is 5.30. The number of nitrogens with one attached hydrogen (secondary N) is 2. The number of rotatable bonds is 6. The van der Waals surface area contributed by atoms with Gasteiger partial charge >= 0.3 is 0 Å². The zero-order valence-corrected chi connectivity index (χ0v) is 15.0. The summed E-state index contributed by atoms with van der Waals surface area (Å²) in [5, 5.41) is 6.65. The van der Waals surface area contributed by atoms with Crippen LogP contribution in [-0.2, 0) is 6.54 Å². The number of anilines is 1. The van der Waals surface area contributed by atoms with Crippen LogP contribution in [0.25, 0.3) is 0 Å². The fourth-order valence-corrected chi connectivity index (χ4v) is 2.36. The van der Waals surface area contributed by atoms with E-state index in [0.717, 1.165) is 11.1 Å². The molecule has 2 aromatic rings. The summed E-state index contributed by atoms with van der Waals surface area (Å²) in [6, 6.07) is 7.58. The van der Waals surface area contributed by atoms with Gasteiger partial charge in [-0.3, -0.25) is 0 Å². The standard InChI is InChI=1S/C17H21N3O3S/c1-11-5-8-14(18-9-11)20-17(24)19-10-12-6-7-13(21-2)16(23-4)15(12)22-3/h5-9H,10H2,1-4H3,(H2,18,19,20,24). The first-order valence-electron chi connectivity index (χ1n) is 7.34. The van der Waals surface area contributed by atoms with Crippen LogP contribution >= 0.6 is 12.2 Å². The van der Waals surface area contributed by atoms with Gasteiger partial charge in [-0.2, -0.15) is 0 Å². The van der Waals surface area contributed by atoms with Gasteiger partial charge in [0.05, 0.1) is 21.3 Å². The Bertz CT molecular complexity index is 705. The topological polar surface area (TPSA) is 64.6 Å². The Morgan fingerprint density at radius 1 is 1.04 bits per heavy atom. The molecule has 0 bridgehead atoms. The van der Waals surface area contributed by atoms with Gasteiger partial charge in [0.25, 0.3) is 0 Å². The van der Waals surface area contributed by atoms with Gasteiger partial charge < -0.3 is 24.8 Å². The molecule has 0 unspecified atom stereocenters. The van der Waals surface area contributed by atoms with Gasteiger partial charge in [0.1, 0.15) is 5.82 Å². The minimum absolute atomic E-state index is 0.473. The van der Waals surface area contributed by atoms with Crippen LogP contribution in [0.4, 0.5) is 5.82 Å². The zero-order valence-electron chi connectivity index (χ0n) is 14.2. The molecule has 0 aliphatic carbocycles. The molecular formula is C17H21N3O3S. The van der Waals surface area contributed by atoms with E-state index < -0.39 is 0 Å². The van der Waals surface area contributed by atoms with Crippen LogP contribution in [0.2, 0.25) is 0 Å². The molecule has 1 aromatic heterocycles. The number of thiocarbonyl (C=S) groups is 1. The molecule has 7 heteroatoms. The number of methoxy groups -OCH3 is 3. The van der Waals surface area contributed by atoms with Gasteiger partial charge in [-0.1, -0.05) is 6.07 Å². The summed E-state index contributed by atoms with van der Waals surface area (Å²) in [5.41, 5.74) is 1.99. The molecule has 128 valence electrons. The molecule has 6 nitrogen and oxygen atoms in total. The van der Waals surface area contributed by atoms with E-state index in [1.54, 1.807) is 27.5 Å². The van der Waals surface area contributed by atoms with Crippen LogP contribution in [0, 0.1) is 6.92 Å². The molecule has 2 rings (SSSR count). The molecule has 0 aliphatic rings. The van der Waals surface area contributed by atoms with Gasteiger partial charge in [0.2, 0.25) is 5.75 Å². The minimum Gasteiger partial charge on any atom is -0.493 e. The highest BCUT2D eigenvalue weighted by atomic mass is 32.1. The number of nitrogens with zero attached hydrogens (tertiary/aromatic N) is 1. The monoisotopic (exact) mass is 347 g/mol. The molecule has 1 heterocycles. The Morgan fingerprint density at radius 3 is 2.38 bits per heavy atom. The molecule has 0 atom stereocenters. The van der Waals surface area contributed by atoms with Crippen LogP contribution in [0.1, 0.15) is 11.1 Å². The number of benzene rings is 1. The van der Waals surface area contributed by atoms with E-state index in [1.165, 1.54) is 0 Å². The van der Waals surface area contributed by atoms with E-state index in [4.69, 9.17) is 26.4 Å². The minimum atomic E-state index is 0.473. The molecule has 0 spiro atoms. The molecule has 0 fully saturated rings. The van der Waals surface area contributed by atoms with E-state index in [1.807, 2.05) is 31.2 Å². The lowest BCUT2D eigenvalue weighted by Gasteiger charge is -2.17. The fraction of sp³-hybridized carbons (Fsp3) is 0.294. The molecular weight excluding hydrogens is 326 g/mol. The van der Waals surface area contributed by atoms with E-state index in [2.05, 4.69) is 15.6 Å². The van der Waals surface area contributed by atoms with Crippen molar-refractivity contribution in [2.45, 2.75) is 13.5 Å². The second-order valence-electron chi connectivity index (χ2n) is 5.02. The average Bonchev–Trinajstić information content (AvgIpc) is 2.60. The molecule has 0 saturated carbocycles. The Kier molecular flexibility index (Phi) is 6.20. The number of hydrogen-bond donors (Lipinski definition) is 2. The molecule has 24 heavy (non-hydrogen) atoms. The zero-order chi connectivity index (χ0) is 17.5. The lowest BCUT2D eigenvalue weighted by molar-refractivity contribution is 0.322. The van der Waals surface area contributed by atoms with Crippen molar-refractivity contribution >= 4 is 23.1 Å². The first-order valence-corrected chi connectivity index (χ1v) is 7.75. The first kappa shape index (κ1) is 17.8. The highest BCUT2D eigenvalue weighted by molar-refractivity contribution is 7.80. The maximum Gasteiger partial charge on any atom is 0.203 e. The second kappa shape index (κ2) is 8.35. The fourth-order valence-electron chi connectivity index (χ4n) is 2.18. The van der Waals surface area contributed by atoms with Crippen molar-refractivity contribution in [1.82, 2.24) is 10.3 Å². The average molecular weight is 347 g/mol. The van der Waals surface area contributed by atoms with Gasteiger partial charge in [0.15, 0.2) is 16.6 Å². The van der Waals surface area contributed by atoms with Crippen molar-refractivity contribution in [3.63, 3.8) is 0 Å². The van der Waals surface area contributed by atoms with Gasteiger partial charge in [-0.25, -0.2) is 4.98 Å². The highest BCUT2D eigenvalue weighted by Crippen LogP contribution is 2.39. The molecule has 0 amide bonds. The van der Waals surface area contributed by atoms with Gasteiger partial charge in [0, 0.05) is 18.3 Å². The predicted molar refractivity (Wildman–Crippen MR) is 98.1 cm³/mol. The summed E-state index contributed by atoms with van der Waals surface area (Å²) < 4.78 is 16.1. The van der Waals surface area contributed by atoms with Gasteiger partial charge in [-0.05, 0) is 42.9 Å². The molecule has 0 aliphatic heterocycles. The van der Waals surface area contributed by atoms with Crippen molar-refractivity contribution in [3.05, 3.63) is 41.6 Å². The smallest absolute Gasteiger partial charge is 0.203 e. The van der Waals surface area contributed by atoms with Crippen LogP contribution in [0.5, 0.6) is 17.2 Å². The van der Waals surface area contributed by atoms with Crippen molar-refractivity contribution in [2.75, 3.05) is 26.6 Å². The molecule has 1 aromatic carbocycles. The Balaban J connectivity index is 2.05. The van der Waals surface area contributed by atoms with Crippen LogP contribution < -0.4 is 24.8 Å². The van der Waals surface area contributed by atoms with E-state index in [9.17, 15) is 0 Å². The number of hydrogen-bond acceptors (Lipinski definition) is 5. The third-order valence-corrected chi connectivity index (χ3v) is 3.62. The summed E-state index contributed by atoms with van der Waals surface area (Å²) in [6.07, 6.45) is 1.78. The van der Waals surface area contributed by atoms with E-state index in [0.29, 0.717) is 34.7 Å². The number of aromatic nitrogens is 1. The first-order chi connectivity index (χ1) is 11.6. The normalized spacial score (nSPS) is 10.0. The quantitative estimate of drug-likeness (QED) is 0.779. The number of aryl methyl sites for hydroxylation is 1. The number of ether oxygens (including phenoxy) is 3. The number of pyridine rings is 1. The van der Waals surface area contributed by atoms with Crippen molar-refractivity contribution in [3.8, 4) is 17.2 Å². The van der Waals surface area contributed by atoms with Crippen LogP contribution in [0.15, 0.2) is 30.5 Å². The van der Waals surface area contributed by atoms with Crippen LogP contribution in [-0.4, -0.2) is 31.4 Å². The SMILES string of the molecule is COc1ccc(CNC(=S)Nc2ccc(C)cn2)c(OC)c1OC. The summed E-state index contributed by atoms with van der Waals surface area (Å²) in [7, 11) is 4.75. The maximum atomic E-state index is 5.45. The lowest BCUT2D eigenvalue weighted by atomic mass is 10.1. The third-order valence-electron chi connectivity index (χ3n) is 3.38. The Morgan fingerprint density at radius 2 is 1.79 bits per heavy atom. The van der Waals surface area contributed by atoms with E-state index in [-0.39, 0.29) is 0 Å². The summed E-state index contributed by atoms with van der Waals surface area (Å²) in [6.45, 7) is 2.46. The molecule has 0 saturated heterocycles. The van der Waals surface area contributed by atoms with Crippen LogP contribution in [0.3, 0.4) is 0 Å². The van der Waals surface area contributed by atoms with Crippen molar-refractivity contribution < 1.29 is 14.2 Å². The largest absolute Gasteiger partial charge is 0.493 e. The van der Waals surface area contributed by atoms with Gasteiger partial charge in [-0.15, -0.1) is 0 Å². The summed E-state index contributed by atoms with van der Waals surface area (Å²) in [5.74, 6) is 2.47. The van der Waals surface area contributed by atoms with Crippen molar-refractivity contribution in [2.24, 2.45) is 0 Å². The van der Waals surface area contributed by atoms with E-state index >= 15 is 0 Å². The maximum absolute atomic E-state index is 5.45. The molecule has 0 radical (unpaired) electrons. The predicted octanol–water partition coefficient (Wildman–Crippen LogP) is 2.90. The lowest BCUT2D eigenvalue weighted by Crippen LogP contribution is -2.28. The van der Waals surface area contributed by atoms with Crippen molar-refractivity contribution in [1.29, 1.82) is 0 Å². The molecule has 2 N–H and O–H groups in total. The summed E-state index contributed by atoms with van der Waals surface area (Å²) in [4.78, 5) is 4.26.